The first-order valence-corrected chi connectivity index (χ1v) is 3.72. The van der Waals surface area contributed by atoms with E-state index in [1.807, 2.05) is 0 Å². The van der Waals surface area contributed by atoms with Gasteiger partial charge in [-0.15, -0.1) is 0 Å². The normalized spacial score (nSPS) is 10.1. The molecule has 2 heterocycles. The van der Waals surface area contributed by atoms with E-state index in [1.54, 1.807) is 0 Å². The van der Waals surface area contributed by atoms with Crippen molar-refractivity contribution in [1.29, 1.82) is 0 Å². The zero-order valence-corrected chi connectivity index (χ0v) is 6.85. The molecule has 0 aliphatic heterocycles. The Morgan fingerprint density at radius 3 is 2.36 bits per heavy atom. The van der Waals surface area contributed by atoms with Crippen molar-refractivity contribution < 1.29 is 8.78 Å². The second kappa shape index (κ2) is 3.41. The lowest BCUT2D eigenvalue weighted by molar-refractivity contribution is 0.514. The Kier molecular flexibility index (Phi) is 2.10. The largest absolute Gasteiger partial charge is 0.226 e. The van der Waals surface area contributed by atoms with Crippen LogP contribution in [0.4, 0.5) is 8.78 Å². The van der Waals surface area contributed by atoms with Crippen LogP contribution in [-0.4, -0.2) is 19.9 Å². The molecule has 2 aromatic rings. The van der Waals surface area contributed by atoms with Gasteiger partial charge in [-0.05, 0) is 12.1 Å². The fourth-order valence-electron chi connectivity index (χ4n) is 0.957. The minimum Gasteiger partial charge on any atom is -0.225 e. The number of halogens is 2. The molecule has 2 rings (SSSR count). The van der Waals surface area contributed by atoms with Crippen molar-refractivity contribution in [2.45, 2.75) is 0 Å². The van der Waals surface area contributed by atoms with Crippen LogP contribution in [-0.2, 0) is 0 Å². The third-order valence-corrected chi connectivity index (χ3v) is 1.55. The molecule has 0 saturated carbocycles. The molecule has 0 aromatic carbocycles. The standard InChI is InChI=1S/C8H4F2N4/c9-6-2-1-5(7(10)14-6)8-12-3-11-4-13-8/h1-4H. The molecule has 0 unspecified atom stereocenters. The molecular weight excluding hydrogens is 190 g/mol. The summed E-state index contributed by atoms with van der Waals surface area (Å²) in [6.07, 6.45) is 2.45. The highest BCUT2D eigenvalue weighted by Crippen LogP contribution is 2.15. The van der Waals surface area contributed by atoms with Crippen LogP contribution in [0, 0.1) is 11.9 Å². The van der Waals surface area contributed by atoms with Gasteiger partial charge in [-0.2, -0.15) is 13.8 Å². The Morgan fingerprint density at radius 1 is 1.00 bits per heavy atom. The van der Waals surface area contributed by atoms with E-state index in [2.05, 4.69) is 19.9 Å². The van der Waals surface area contributed by atoms with Crippen molar-refractivity contribution in [2.24, 2.45) is 0 Å². The second-order valence-electron chi connectivity index (χ2n) is 2.43. The van der Waals surface area contributed by atoms with Gasteiger partial charge in [0.15, 0.2) is 5.82 Å². The van der Waals surface area contributed by atoms with E-state index in [0.717, 1.165) is 6.07 Å². The number of pyridine rings is 1. The average molecular weight is 194 g/mol. The minimum atomic E-state index is -0.934. The molecule has 0 saturated heterocycles. The van der Waals surface area contributed by atoms with Gasteiger partial charge in [0, 0.05) is 0 Å². The molecule has 0 bridgehead atoms. The highest BCUT2D eigenvalue weighted by molar-refractivity contribution is 5.52. The smallest absolute Gasteiger partial charge is 0.225 e. The van der Waals surface area contributed by atoms with Crippen molar-refractivity contribution in [3.8, 4) is 11.4 Å². The van der Waals surface area contributed by atoms with Gasteiger partial charge in [-0.1, -0.05) is 0 Å². The molecule has 2 aromatic heterocycles. The first kappa shape index (κ1) is 8.61. The maximum absolute atomic E-state index is 13.1. The van der Waals surface area contributed by atoms with E-state index in [-0.39, 0.29) is 11.4 Å². The lowest BCUT2D eigenvalue weighted by Gasteiger charge is -1.98. The van der Waals surface area contributed by atoms with Crippen LogP contribution in [0.2, 0.25) is 0 Å². The molecule has 0 atom stereocenters. The fourth-order valence-corrected chi connectivity index (χ4v) is 0.957. The fraction of sp³-hybridized carbons (Fsp3) is 0. The highest BCUT2D eigenvalue weighted by atomic mass is 19.1. The summed E-state index contributed by atoms with van der Waals surface area (Å²) in [5.41, 5.74) is 0.0498. The Labute approximate surface area is 77.7 Å². The summed E-state index contributed by atoms with van der Waals surface area (Å²) in [7, 11) is 0. The van der Waals surface area contributed by atoms with Crippen LogP contribution < -0.4 is 0 Å². The summed E-state index contributed by atoms with van der Waals surface area (Å²) in [4.78, 5) is 14.0. The molecule has 0 fully saturated rings. The van der Waals surface area contributed by atoms with Gasteiger partial charge in [-0.25, -0.2) is 15.0 Å². The second-order valence-corrected chi connectivity index (χ2v) is 2.43. The van der Waals surface area contributed by atoms with Gasteiger partial charge in [-0.3, -0.25) is 0 Å². The predicted octanol–water partition coefficient (Wildman–Crippen LogP) is 1.21. The molecule has 14 heavy (non-hydrogen) atoms. The van der Waals surface area contributed by atoms with E-state index < -0.39 is 11.9 Å². The minimum absolute atomic E-state index is 0.0498. The molecule has 6 heteroatoms. The monoisotopic (exact) mass is 194 g/mol. The lowest BCUT2D eigenvalue weighted by atomic mass is 10.2. The Balaban J connectivity index is 2.53. The van der Waals surface area contributed by atoms with E-state index in [9.17, 15) is 8.78 Å². The van der Waals surface area contributed by atoms with Crippen LogP contribution in [0.25, 0.3) is 11.4 Å². The van der Waals surface area contributed by atoms with E-state index in [0.29, 0.717) is 0 Å². The molecule has 0 amide bonds. The number of hydrogen-bond donors (Lipinski definition) is 0. The Hall–Kier alpha value is -1.98. The third kappa shape index (κ3) is 1.54. The first-order valence-electron chi connectivity index (χ1n) is 3.72. The Morgan fingerprint density at radius 2 is 1.71 bits per heavy atom. The van der Waals surface area contributed by atoms with Gasteiger partial charge in [0.25, 0.3) is 0 Å². The van der Waals surface area contributed by atoms with E-state index in [4.69, 9.17) is 0 Å². The van der Waals surface area contributed by atoms with Crippen LogP contribution in [0.5, 0.6) is 0 Å². The molecule has 0 radical (unpaired) electrons. The van der Waals surface area contributed by atoms with E-state index in [1.165, 1.54) is 18.7 Å². The van der Waals surface area contributed by atoms with Crippen LogP contribution in [0.3, 0.4) is 0 Å². The van der Waals surface area contributed by atoms with Crippen molar-refractivity contribution in [3.63, 3.8) is 0 Å². The highest BCUT2D eigenvalue weighted by Gasteiger charge is 2.09. The number of hydrogen-bond acceptors (Lipinski definition) is 4. The summed E-state index contributed by atoms with van der Waals surface area (Å²) in [6, 6.07) is 2.27. The van der Waals surface area contributed by atoms with Gasteiger partial charge < -0.3 is 0 Å². The van der Waals surface area contributed by atoms with Crippen LogP contribution in [0.1, 0.15) is 0 Å². The molecule has 0 N–H and O–H groups in total. The number of aromatic nitrogens is 4. The van der Waals surface area contributed by atoms with Crippen LogP contribution >= 0.6 is 0 Å². The number of nitrogens with zero attached hydrogens (tertiary/aromatic N) is 4. The molecule has 0 aliphatic rings. The predicted molar refractivity (Wildman–Crippen MR) is 43.0 cm³/mol. The lowest BCUT2D eigenvalue weighted by Crippen LogP contribution is -1.96. The van der Waals surface area contributed by atoms with E-state index >= 15 is 0 Å². The molecule has 70 valence electrons. The summed E-state index contributed by atoms with van der Waals surface area (Å²) >= 11 is 0. The van der Waals surface area contributed by atoms with Crippen molar-refractivity contribution >= 4 is 0 Å². The maximum Gasteiger partial charge on any atom is 0.226 e. The summed E-state index contributed by atoms with van der Waals surface area (Å²) in [5, 5.41) is 0. The third-order valence-electron chi connectivity index (χ3n) is 1.55. The topological polar surface area (TPSA) is 51.6 Å². The summed E-state index contributed by atoms with van der Waals surface area (Å²) in [6.45, 7) is 0. The van der Waals surface area contributed by atoms with Gasteiger partial charge in [0.05, 0.1) is 5.56 Å². The zero-order valence-electron chi connectivity index (χ0n) is 6.85. The van der Waals surface area contributed by atoms with Crippen molar-refractivity contribution in [1.82, 2.24) is 19.9 Å². The summed E-state index contributed by atoms with van der Waals surface area (Å²) in [5.74, 6) is -1.68. The van der Waals surface area contributed by atoms with Gasteiger partial charge in [0.1, 0.15) is 12.7 Å². The Bertz CT molecular complexity index is 446. The molecule has 4 nitrogen and oxygen atoms in total. The van der Waals surface area contributed by atoms with Crippen molar-refractivity contribution in [3.05, 3.63) is 36.7 Å². The number of rotatable bonds is 1. The maximum atomic E-state index is 13.1. The quantitative estimate of drug-likeness (QED) is 0.640. The van der Waals surface area contributed by atoms with Gasteiger partial charge in [0.2, 0.25) is 11.9 Å². The SMILES string of the molecule is Fc1ccc(-c2ncncn2)c(F)n1. The molecule has 0 spiro atoms. The first-order chi connectivity index (χ1) is 6.77. The summed E-state index contributed by atoms with van der Waals surface area (Å²) < 4.78 is 25.5. The zero-order chi connectivity index (χ0) is 9.97. The average Bonchev–Trinajstić information content (AvgIpc) is 2.19. The van der Waals surface area contributed by atoms with Gasteiger partial charge >= 0.3 is 0 Å². The molecule has 0 aliphatic carbocycles. The van der Waals surface area contributed by atoms with Crippen molar-refractivity contribution in [2.75, 3.05) is 0 Å². The molecular formula is C8H4F2N4. The van der Waals surface area contributed by atoms with Crippen LogP contribution in [0.15, 0.2) is 24.8 Å².